The topological polar surface area (TPSA) is 62.6 Å². The predicted octanol–water partition coefficient (Wildman–Crippen LogP) is 6.33. The Kier molecular flexibility index (Phi) is 6.78. The van der Waals surface area contributed by atoms with Gasteiger partial charge in [0, 0.05) is 17.0 Å². The zero-order valence-electron chi connectivity index (χ0n) is 18.6. The number of phenolic OH excluding ortho intramolecular Hbond substituents is 2. The molecule has 1 heterocycles. The van der Waals surface area contributed by atoms with E-state index in [1.165, 1.54) is 23.1 Å². The zero-order chi connectivity index (χ0) is 21.8. The highest BCUT2D eigenvalue weighted by Gasteiger charge is 2.18. The molecule has 4 nitrogen and oxygen atoms in total. The highest BCUT2D eigenvalue weighted by atomic mass is 16.5. The molecule has 3 rings (SSSR count). The average molecular weight is 396 g/mol. The van der Waals surface area contributed by atoms with Crippen LogP contribution in [0.1, 0.15) is 59.6 Å². The summed E-state index contributed by atoms with van der Waals surface area (Å²) >= 11 is 0. The van der Waals surface area contributed by atoms with Crippen molar-refractivity contribution < 1.29 is 14.9 Å². The lowest BCUT2D eigenvalue weighted by Gasteiger charge is -2.21. The lowest BCUT2D eigenvalue weighted by Crippen LogP contribution is -2.11. The largest absolute Gasteiger partial charge is 0.508 e. The molecule has 0 aliphatic heterocycles. The number of fused-ring (bicyclic) bond motifs is 1. The normalized spacial score (nSPS) is 11.7. The molecule has 2 N–H and O–H groups in total. The van der Waals surface area contributed by atoms with Crippen LogP contribution in [0.5, 0.6) is 17.4 Å². The van der Waals surface area contributed by atoms with Gasteiger partial charge in [0.1, 0.15) is 11.5 Å². The summed E-state index contributed by atoms with van der Waals surface area (Å²) in [5.41, 5.74) is 3.09. The van der Waals surface area contributed by atoms with Gasteiger partial charge in [0.2, 0.25) is 5.88 Å². The lowest BCUT2D eigenvalue weighted by molar-refractivity contribution is 0.328. The first-order valence-electron chi connectivity index (χ1n) is 9.99. The molecule has 0 fully saturated rings. The maximum Gasteiger partial charge on any atom is 0.213 e. The second-order valence-corrected chi connectivity index (χ2v) is 9.16. The molecule has 0 atom stereocenters. The van der Waals surface area contributed by atoms with Gasteiger partial charge in [-0.1, -0.05) is 53.7 Å². The van der Waals surface area contributed by atoms with Crippen molar-refractivity contribution in [2.75, 3.05) is 6.61 Å². The van der Waals surface area contributed by atoms with Crippen LogP contribution in [0.2, 0.25) is 0 Å². The molecule has 2 aromatic carbocycles. The molecule has 3 aromatic rings. The number of pyridine rings is 1. The van der Waals surface area contributed by atoms with E-state index in [0.717, 1.165) is 11.1 Å². The fraction of sp³-hybridized carbons (Fsp3) is 0.400. The molecule has 156 valence electrons. The molecule has 0 saturated heterocycles. The van der Waals surface area contributed by atoms with E-state index in [0.29, 0.717) is 12.5 Å². The summed E-state index contributed by atoms with van der Waals surface area (Å²) in [7, 11) is 0. The fourth-order valence-corrected chi connectivity index (χ4v) is 3.14. The number of nitrogens with zero attached hydrogens (tertiary/aromatic N) is 1. The van der Waals surface area contributed by atoms with E-state index in [1.54, 1.807) is 6.07 Å². The molecule has 0 aliphatic rings. The Morgan fingerprint density at radius 2 is 1.48 bits per heavy atom. The zero-order valence-corrected chi connectivity index (χ0v) is 18.6. The summed E-state index contributed by atoms with van der Waals surface area (Å²) in [5, 5.41) is 19.9. The Hall–Kier alpha value is -2.75. The van der Waals surface area contributed by atoms with E-state index in [-0.39, 0.29) is 22.3 Å². The number of phenols is 2. The van der Waals surface area contributed by atoms with Gasteiger partial charge in [-0.2, -0.15) is 0 Å². The van der Waals surface area contributed by atoms with Gasteiger partial charge in [0.05, 0.1) is 12.1 Å². The third-order valence-corrected chi connectivity index (χ3v) is 4.59. The van der Waals surface area contributed by atoms with Gasteiger partial charge >= 0.3 is 0 Å². The summed E-state index contributed by atoms with van der Waals surface area (Å²) in [4.78, 5) is 4.52. The molecule has 0 radical (unpaired) electrons. The van der Waals surface area contributed by atoms with Gasteiger partial charge < -0.3 is 14.9 Å². The minimum Gasteiger partial charge on any atom is -0.508 e. The first-order valence-corrected chi connectivity index (χ1v) is 9.99. The van der Waals surface area contributed by atoms with Crippen LogP contribution in [0.15, 0.2) is 48.5 Å². The summed E-state index contributed by atoms with van der Waals surface area (Å²) < 4.78 is 5.43. The van der Waals surface area contributed by atoms with Gasteiger partial charge in [-0.05, 0) is 53.6 Å². The molecule has 4 heteroatoms. The molecule has 0 unspecified atom stereocenters. The van der Waals surface area contributed by atoms with Crippen LogP contribution in [0.4, 0.5) is 0 Å². The van der Waals surface area contributed by atoms with Crippen LogP contribution in [-0.2, 0) is 10.8 Å². The predicted molar refractivity (Wildman–Crippen MR) is 120 cm³/mol. The Morgan fingerprint density at radius 1 is 0.828 bits per heavy atom. The molecule has 0 spiro atoms. The summed E-state index contributed by atoms with van der Waals surface area (Å²) in [6.07, 6.45) is 0. The van der Waals surface area contributed by atoms with Gasteiger partial charge in [-0.15, -0.1) is 0 Å². The first kappa shape index (κ1) is 22.5. The molecule has 29 heavy (non-hydrogen) atoms. The second kappa shape index (κ2) is 8.73. The van der Waals surface area contributed by atoms with E-state index in [4.69, 9.17) is 4.74 Å². The van der Waals surface area contributed by atoms with E-state index >= 15 is 0 Å². The van der Waals surface area contributed by atoms with Crippen LogP contribution in [0.3, 0.4) is 0 Å². The van der Waals surface area contributed by atoms with Crippen molar-refractivity contribution in [1.29, 1.82) is 0 Å². The second-order valence-electron chi connectivity index (χ2n) is 9.16. The van der Waals surface area contributed by atoms with Crippen molar-refractivity contribution in [3.63, 3.8) is 0 Å². The van der Waals surface area contributed by atoms with Crippen molar-refractivity contribution in [2.24, 2.45) is 0 Å². The van der Waals surface area contributed by atoms with Gasteiger partial charge in [-0.3, -0.25) is 0 Å². The van der Waals surface area contributed by atoms with Crippen molar-refractivity contribution >= 4 is 10.9 Å². The number of rotatable bonds is 2. The molecular weight excluding hydrogens is 362 g/mol. The molecule has 1 aromatic heterocycles. The Morgan fingerprint density at radius 3 is 2.03 bits per heavy atom. The minimum atomic E-state index is -0.136. The van der Waals surface area contributed by atoms with E-state index in [2.05, 4.69) is 44.0 Å². The standard InChI is InChI=1S/C15H19NO.C10H14O2/c1-5-17-14-10-9-11-12(15(2,3)4)7-6-8-13(11)16-14;1-10(2,3)8-6-7(11)4-5-9(8)12/h6-10H,5H2,1-4H3;4-6,11-12H,1-3H3. The van der Waals surface area contributed by atoms with E-state index in [9.17, 15) is 10.2 Å². The minimum absolute atomic E-state index is 0.133. The van der Waals surface area contributed by atoms with Gasteiger partial charge in [-0.25, -0.2) is 4.98 Å². The van der Waals surface area contributed by atoms with Gasteiger partial charge in [0.15, 0.2) is 0 Å². The number of aromatic hydroxyl groups is 2. The lowest BCUT2D eigenvalue weighted by atomic mass is 9.84. The smallest absolute Gasteiger partial charge is 0.213 e. The summed E-state index contributed by atoms with van der Waals surface area (Å²) in [5.74, 6) is 1.13. The van der Waals surface area contributed by atoms with Crippen molar-refractivity contribution in [2.45, 2.75) is 59.3 Å². The Balaban J connectivity index is 0.000000221. The Bertz CT molecular complexity index is 966. The first-order chi connectivity index (χ1) is 13.4. The van der Waals surface area contributed by atoms with Crippen LogP contribution in [0, 0.1) is 0 Å². The third kappa shape index (κ3) is 5.86. The molecule has 0 bridgehead atoms. The number of hydrogen-bond acceptors (Lipinski definition) is 4. The third-order valence-electron chi connectivity index (χ3n) is 4.59. The molecule has 0 saturated carbocycles. The maximum atomic E-state index is 9.46. The van der Waals surface area contributed by atoms with Crippen LogP contribution < -0.4 is 4.74 Å². The van der Waals surface area contributed by atoms with E-state index < -0.39 is 0 Å². The van der Waals surface area contributed by atoms with E-state index in [1.807, 2.05) is 39.8 Å². The highest BCUT2D eigenvalue weighted by molar-refractivity contribution is 5.83. The van der Waals surface area contributed by atoms with Crippen molar-refractivity contribution in [1.82, 2.24) is 4.98 Å². The van der Waals surface area contributed by atoms with Crippen LogP contribution >= 0.6 is 0 Å². The molecule has 0 amide bonds. The fourth-order valence-electron chi connectivity index (χ4n) is 3.14. The number of ether oxygens (including phenoxy) is 1. The SMILES string of the molecule is CC(C)(C)c1cc(O)ccc1O.CCOc1ccc2c(C(C)(C)C)cccc2n1. The molecule has 0 aliphatic carbocycles. The quantitative estimate of drug-likeness (QED) is 0.498. The Labute approximate surface area is 174 Å². The van der Waals surface area contributed by atoms with Crippen molar-refractivity contribution in [3.8, 4) is 17.4 Å². The monoisotopic (exact) mass is 395 g/mol. The number of benzene rings is 2. The van der Waals surface area contributed by atoms with Crippen LogP contribution in [0.25, 0.3) is 10.9 Å². The van der Waals surface area contributed by atoms with Crippen molar-refractivity contribution in [3.05, 3.63) is 59.7 Å². The summed E-state index contributed by atoms with van der Waals surface area (Å²) in [6.45, 7) is 15.2. The van der Waals surface area contributed by atoms with Crippen LogP contribution in [-0.4, -0.2) is 21.8 Å². The number of hydrogen-bond donors (Lipinski definition) is 2. The number of aromatic nitrogens is 1. The van der Waals surface area contributed by atoms with Gasteiger partial charge in [0.25, 0.3) is 0 Å². The molecular formula is C25H33NO3. The average Bonchev–Trinajstić information content (AvgIpc) is 2.62. The highest BCUT2D eigenvalue weighted by Crippen LogP contribution is 2.33. The summed E-state index contributed by atoms with van der Waals surface area (Å²) in [6, 6.07) is 14.9. The maximum absolute atomic E-state index is 9.46.